The number of hydrogen-bond donors (Lipinski definition) is 1. The SMILES string of the molecule is CN1CCN(c2cc(-c3ccc4c(c3)CN(C(=O)COc3cccc(Cl)c3)CC4)nc(N)n2)CC1. The summed E-state index contributed by atoms with van der Waals surface area (Å²) in [6.07, 6.45) is 0.803. The Morgan fingerprint density at radius 2 is 1.86 bits per heavy atom. The Labute approximate surface area is 210 Å². The Kier molecular flexibility index (Phi) is 6.74. The molecule has 0 aliphatic carbocycles. The van der Waals surface area contributed by atoms with Crippen LogP contribution in [0.25, 0.3) is 11.3 Å². The molecule has 35 heavy (non-hydrogen) atoms. The Bertz CT molecular complexity index is 1230. The fraction of sp³-hybridized carbons (Fsp3) is 0.346. The summed E-state index contributed by atoms with van der Waals surface area (Å²) in [5.74, 6) is 1.66. The van der Waals surface area contributed by atoms with Crippen molar-refractivity contribution in [1.29, 1.82) is 0 Å². The lowest BCUT2D eigenvalue weighted by Crippen LogP contribution is -2.44. The topological polar surface area (TPSA) is 87.8 Å². The second-order valence-corrected chi connectivity index (χ2v) is 9.49. The van der Waals surface area contributed by atoms with Crippen molar-refractivity contribution in [3.8, 4) is 17.0 Å². The largest absolute Gasteiger partial charge is 0.484 e. The van der Waals surface area contributed by atoms with E-state index in [9.17, 15) is 4.79 Å². The molecule has 1 amide bonds. The quantitative estimate of drug-likeness (QED) is 0.585. The molecule has 2 aliphatic heterocycles. The number of amides is 1. The minimum absolute atomic E-state index is 0.0216. The van der Waals surface area contributed by atoms with E-state index >= 15 is 0 Å². The number of nitrogens with zero attached hydrogens (tertiary/aromatic N) is 5. The summed E-state index contributed by atoms with van der Waals surface area (Å²) in [5.41, 5.74) is 10.2. The number of anilines is 2. The van der Waals surface area contributed by atoms with Gasteiger partial charge in [-0.2, -0.15) is 4.98 Å². The predicted octanol–water partition coefficient (Wildman–Crippen LogP) is 3.09. The number of aromatic nitrogens is 2. The number of carbonyl (C=O) groups is 1. The minimum atomic E-state index is -0.0512. The Morgan fingerprint density at radius 1 is 1.03 bits per heavy atom. The van der Waals surface area contributed by atoms with Crippen LogP contribution >= 0.6 is 11.6 Å². The lowest BCUT2D eigenvalue weighted by atomic mass is 9.96. The van der Waals surface area contributed by atoms with Crippen LogP contribution in [0.15, 0.2) is 48.5 Å². The van der Waals surface area contributed by atoms with Crippen LogP contribution in [0, 0.1) is 0 Å². The summed E-state index contributed by atoms with van der Waals surface area (Å²) in [5, 5.41) is 0.579. The first kappa shape index (κ1) is 23.4. The highest BCUT2D eigenvalue weighted by Crippen LogP contribution is 2.28. The average molecular weight is 493 g/mol. The number of nitrogens with two attached hydrogens (primary N) is 1. The zero-order chi connectivity index (χ0) is 24.4. The number of fused-ring (bicyclic) bond motifs is 1. The number of benzene rings is 2. The summed E-state index contributed by atoms with van der Waals surface area (Å²) in [6, 6.07) is 15.4. The van der Waals surface area contributed by atoms with Crippen molar-refractivity contribution in [2.45, 2.75) is 13.0 Å². The molecule has 182 valence electrons. The van der Waals surface area contributed by atoms with E-state index in [2.05, 4.69) is 45.0 Å². The zero-order valence-electron chi connectivity index (χ0n) is 19.8. The van der Waals surface area contributed by atoms with Crippen molar-refractivity contribution in [1.82, 2.24) is 19.8 Å². The molecule has 2 N–H and O–H groups in total. The van der Waals surface area contributed by atoms with E-state index in [1.807, 2.05) is 11.0 Å². The van der Waals surface area contributed by atoms with Gasteiger partial charge in [0.05, 0.1) is 5.69 Å². The first-order valence-corrected chi connectivity index (χ1v) is 12.2. The fourth-order valence-electron chi connectivity index (χ4n) is 4.52. The number of rotatable bonds is 5. The highest BCUT2D eigenvalue weighted by molar-refractivity contribution is 6.30. The van der Waals surface area contributed by atoms with E-state index in [0.717, 1.165) is 55.2 Å². The second-order valence-electron chi connectivity index (χ2n) is 9.05. The third-order valence-electron chi connectivity index (χ3n) is 6.58. The van der Waals surface area contributed by atoms with Crippen LogP contribution in [0.5, 0.6) is 5.75 Å². The number of carbonyl (C=O) groups excluding carboxylic acids is 1. The van der Waals surface area contributed by atoms with Crippen LogP contribution in [0.1, 0.15) is 11.1 Å². The van der Waals surface area contributed by atoms with E-state index in [1.165, 1.54) is 5.56 Å². The van der Waals surface area contributed by atoms with E-state index in [1.54, 1.807) is 24.3 Å². The maximum atomic E-state index is 12.8. The van der Waals surface area contributed by atoms with Gasteiger partial charge in [-0.05, 0) is 48.9 Å². The molecule has 0 atom stereocenters. The fourth-order valence-corrected chi connectivity index (χ4v) is 4.70. The lowest BCUT2D eigenvalue weighted by Gasteiger charge is -2.33. The highest BCUT2D eigenvalue weighted by atomic mass is 35.5. The molecular formula is C26H29ClN6O2. The first-order valence-electron chi connectivity index (χ1n) is 11.8. The highest BCUT2D eigenvalue weighted by Gasteiger charge is 2.22. The summed E-state index contributed by atoms with van der Waals surface area (Å²) < 4.78 is 5.66. The molecule has 2 aliphatic rings. The summed E-state index contributed by atoms with van der Waals surface area (Å²) in [7, 11) is 2.13. The summed E-state index contributed by atoms with van der Waals surface area (Å²) in [4.78, 5) is 28.2. The summed E-state index contributed by atoms with van der Waals surface area (Å²) >= 11 is 6.00. The van der Waals surface area contributed by atoms with E-state index in [0.29, 0.717) is 23.9 Å². The van der Waals surface area contributed by atoms with Gasteiger partial charge in [0.25, 0.3) is 5.91 Å². The molecule has 2 aromatic carbocycles. The van der Waals surface area contributed by atoms with Gasteiger partial charge in [-0.1, -0.05) is 29.8 Å². The first-order chi connectivity index (χ1) is 16.9. The van der Waals surface area contributed by atoms with Crippen molar-refractivity contribution < 1.29 is 9.53 Å². The molecule has 9 heteroatoms. The Balaban J connectivity index is 1.30. The molecule has 5 rings (SSSR count). The maximum Gasteiger partial charge on any atom is 0.260 e. The number of nitrogen functional groups attached to an aromatic ring is 1. The molecule has 1 saturated heterocycles. The van der Waals surface area contributed by atoms with Gasteiger partial charge in [0.1, 0.15) is 11.6 Å². The zero-order valence-corrected chi connectivity index (χ0v) is 20.5. The molecular weight excluding hydrogens is 464 g/mol. The molecule has 1 fully saturated rings. The molecule has 0 unspecified atom stereocenters. The Morgan fingerprint density at radius 3 is 2.66 bits per heavy atom. The number of halogens is 1. The van der Waals surface area contributed by atoms with Crippen LogP contribution in [-0.2, 0) is 17.8 Å². The molecule has 3 aromatic rings. The normalized spacial score (nSPS) is 16.2. The molecule has 0 saturated carbocycles. The predicted molar refractivity (Wildman–Crippen MR) is 138 cm³/mol. The van der Waals surface area contributed by atoms with Gasteiger partial charge in [0.2, 0.25) is 5.95 Å². The number of hydrogen-bond acceptors (Lipinski definition) is 7. The molecule has 1 aromatic heterocycles. The van der Waals surface area contributed by atoms with Crippen LogP contribution in [0.3, 0.4) is 0 Å². The van der Waals surface area contributed by atoms with E-state index in [-0.39, 0.29) is 18.5 Å². The van der Waals surface area contributed by atoms with E-state index in [4.69, 9.17) is 22.1 Å². The maximum absolute atomic E-state index is 12.8. The molecule has 3 heterocycles. The minimum Gasteiger partial charge on any atom is -0.484 e. The average Bonchev–Trinajstić information content (AvgIpc) is 2.86. The van der Waals surface area contributed by atoms with Crippen LogP contribution < -0.4 is 15.4 Å². The van der Waals surface area contributed by atoms with Gasteiger partial charge < -0.3 is 25.2 Å². The third kappa shape index (κ3) is 5.49. The van der Waals surface area contributed by atoms with Gasteiger partial charge in [0.15, 0.2) is 6.61 Å². The number of ether oxygens (including phenoxy) is 1. The van der Waals surface area contributed by atoms with Crippen LogP contribution in [-0.4, -0.2) is 72.1 Å². The molecule has 0 bridgehead atoms. The van der Waals surface area contributed by atoms with E-state index < -0.39 is 0 Å². The van der Waals surface area contributed by atoms with Crippen molar-refractivity contribution in [3.63, 3.8) is 0 Å². The smallest absolute Gasteiger partial charge is 0.260 e. The lowest BCUT2D eigenvalue weighted by molar-refractivity contribution is -0.134. The molecule has 0 radical (unpaired) electrons. The van der Waals surface area contributed by atoms with Gasteiger partial charge in [-0.15, -0.1) is 0 Å². The second kappa shape index (κ2) is 10.1. The van der Waals surface area contributed by atoms with Crippen molar-refractivity contribution in [2.24, 2.45) is 0 Å². The third-order valence-corrected chi connectivity index (χ3v) is 6.82. The van der Waals surface area contributed by atoms with Crippen molar-refractivity contribution in [2.75, 3.05) is 57.0 Å². The van der Waals surface area contributed by atoms with Gasteiger partial charge in [0, 0.05) is 55.9 Å². The van der Waals surface area contributed by atoms with Gasteiger partial charge in [-0.25, -0.2) is 4.98 Å². The van der Waals surface area contributed by atoms with Crippen LogP contribution in [0.4, 0.5) is 11.8 Å². The molecule has 8 nitrogen and oxygen atoms in total. The van der Waals surface area contributed by atoms with Gasteiger partial charge >= 0.3 is 0 Å². The monoisotopic (exact) mass is 492 g/mol. The number of likely N-dealkylation sites (N-methyl/N-ethyl adjacent to an activating group) is 1. The Hall–Kier alpha value is -3.36. The van der Waals surface area contributed by atoms with Crippen molar-refractivity contribution in [3.05, 3.63) is 64.7 Å². The van der Waals surface area contributed by atoms with Crippen molar-refractivity contribution >= 4 is 29.3 Å². The standard InChI is InChI=1S/C26H29ClN6O2/c1-31-9-11-32(12-10-31)24-15-23(29-26(28)30-24)19-6-5-18-7-8-33(16-20(18)13-19)25(34)17-35-22-4-2-3-21(27)14-22/h2-6,13-15H,7-12,16-17H2,1H3,(H2,28,29,30). The summed E-state index contributed by atoms with van der Waals surface area (Å²) in [6.45, 7) is 4.97. The van der Waals surface area contributed by atoms with Crippen LogP contribution in [0.2, 0.25) is 5.02 Å². The molecule has 0 spiro atoms. The van der Waals surface area contributed by atoms with Gasteiger partial charge in [-0.3, -0.25) is 4.79 Å². The number of piperazine rings is 1.